The van der Waals surface area contributed by atoms with Gasteiger partial charge in [-0.2, -0.15) is 0 Å². The number of halogens is 2. The maximum Gasteiger partial charge on any atom is 0.173 e. The zero-order chi connectivity index (χ0) is 18.1. The summed E-state index contributed by atoms with van der Waals surface area (Å²) in [6.45, 7) is 1.93. The number of pyridine rings is 2. The Labute approximate surface area is 155 Å². The summed E-state index contributed by atoms with van der Waals surface area (Å²) in [5.41, 5.74) is 2.64. The highest BCUT2D eigenvalue weighted by Crippen LogP contribution is 2.35. The Kier molecular flexibility index (Phi) is 5.09. The number of benzene rings is 2. The maximum absolute atomic E-state index is 15.4. The van der Waals surface area contributed by atoms with Gasteiger partial charge in [-0.1, -0.05) is 23.8 Å². The molecule has 2 heterocycles. The molecule has 2 aromatic heterocycles. The van der Waals surface area contributed by atoms with Crippen LogP contribution in [0.25, 0.3) is 22.2 Å². The summed E-state index contributed by atoms with van der Waals surface area (Å²) in [6, 6.07) is 15.1. The first-order valence-corrected chi connectivity index (χ1v) is 8.15. The van der Waals surface area contributed by atoms with E-state index in [9.17, 15) is 4.39 Å². The van der Waals surface area contributed by atoms with Gasteiger partial charge in [0.2, 0.25) is 0 Å². The van der Waals surface area contributed by atoms with Crippen molar-refractivity contribution in [2.75, 3.05) is 5.32 Å². The Bertz CT molecular complexity index is 1100. The fourth-order valence-corrected chi connectivity index (χ4v) is 2.89. The third-order valence-electron chi connectivity index (χ3n) is 4.16. The first-order chi connectivity index (χ1) is 12.6. The number of nitrogens with one attached hydrogen (secondary N) is 1. The van der Waals surface area contributed by atoms with Crippen molar-refractivity contribution in [1.82, 2.24) is 16.1 Å². The van der Waals surface area contributed by atoms with Crippen LogP contribution in [-0.2, 0) is 0 Å². The topological polar surface area (TPSA) is 72.8 Å². The van der Waals surface area contributed by atoms with Gasteiger partial charge in [0.25, 0.3) is 0 Å². The van der Waals surface area contributed by atoms with Crippen LogP contribution in [0.15, 0.2) is 67.0 Å². The van der Waals surface area contributed by atoms with Gasteiger partial charge in [0.05, 0.1) is 11.2 Å². The summed E-state index contributed by atoms with van der Waals surface area (Å²) >= 11 is 0. The van der Waals surface area contributed by atoms with E-state index < -0.39 is 11.6 Å². The largest absolute Gasteiger partial charge is 0.352 e. The first-order valence-electron chi connectivity index (χ1n) is 8.15. The smallest absolute Gasteiger partial charge is 0.173 e. The van der Waals surface area contributed by atoms with E-state index >= 15 is 4.39 Å². The van der Waals surface area contributed by atoms with Crippen LogP contribution in [0.4, 0.5) is 20.2 Å². The molecule has 6 heteroatoms. The molecule has 0 aliphatic carbocycles. The van der Waals surface area contributed by atoms with Crippen molar-refractivity contribution in [3.63, 3.8) is 0 Å². The summed E-state index contributed by atoms with van der Waals surface area (Å²) in [5, 5.41) is 3.73. The molecule has 4 N–H and O–H groups in total. The van der Waals surface area contributed by atoms with E-state index in [4.69, 9.17) is 0 Å². The van der Waals surface area contributed by atoms with Crippen molar-refractivity contribution in [1.29, 1.82) is 0 Å². The molecule has 4 rings (SSSR count). The van der Waals surface area contributed by atoms with Crippen LogP contribution >= 0.6 is 0 Å². The van der Waals surface area contributed by atoms with Crippen molar-refractivity contribution in [3.8, 4) is 11.3 Å². The highest BCUT2D eigenvalue weighted by molar-refractivity contribution is 5.96. The number of fused-ring (bicyclic) bond motifs is 1. The summed E-state index contributed by atoms with van der Waals surface area (Å²) in [5.74, 6) is -1.11. The lowest BCUT2D eigenvalue weighted by Crippen LogP contribution is -2.01. The van der Waals surface area contributed by atoms with E-state index in [-0.39, 0.29) is 23.1 Å². The van der Waals surface area contributed by atoms with Crippen molar-refractivity contribution < 1.29 is 8.78 Å². The van der Waals surface area contributed by atoms with E-state index in [1.165, 1.54) is 12.1 Å². The number of anilines is 2. The van der Waals surface area contributed by atoms with E-state index in [0.717, 1.165) is 5.56 Å². The SMILES string of the molecule is Cc1ccc2nc(-c3ccccc3F)c(F)c(Nc3ccncc3)c2c1.N. The van der Waals surface area contributed by atoms with Gasteiger partial charge in [-0.15, -0.1) is 0 Å². The second-order valence-corrected chi connectivity index (χ2v) is 6.01. The third-order valence-corrected chi connectivity index (χ3v) is 4.16. The minimum absolute atomic E-state index is 0. The van der Waals surface area contributed by atoms with Crippen molar-refractivity contribution in [2.45, 2.75) is 6.92 Å². The first kappa shape index (κ1) is 18.4. The molecule has 0 amide bonds. The molecule has 136 valence electrons. The Morgan fingerprint density at radius 3 is 2.41 bits per heavy atom. The second kappa shape index (κ2) is 7.47. The van der Waals surface area contributed by atoms with Gasteiger partial charge in [-0.25, -0.2) is 13.8 Å². The number of hydrogen-bond donors (Lipinski definition) is 2. The zero-order valence-corrected chi connectivity index (χ0v) is 14.7. The third kappa shape index (κ3) is 3.47. The zero-order valence-electron chi connectivity index (χ0n) is 14.7. The van der Waals surface area contributed by atoms with E-state index in [2.05, 4.69) is 15.3 Å². The lowest BCUT2D eigenvalue weighted by atomic mass is 10.0. The molecule has 0 aliphatic heterocycles. The Balaban J connectivity index is 0.00000210. The van der Waals surface area contributed by atoms with Gasteiger partial charge in [-0.05, 0) is 43.3 Å². The van der Waals surface area contributed by atoms with Crippen molar-refractivity contribution in [3.05, 3.63) is 84.2 Å². The average Bonchev–Trinajstić information content (AvgIpc) is 2.66. The molecular formula is C21H18F2N4. The van der Waals surface area contributed by atoms with Crippen LogP contribution in [0, 0.1) is 18.6 Å². The molecule has 0 aliphatic rings. The minimum atomic E-state index is -0.593. The molecular weight excluding hydrogens is 346 g/mol. The molecule has 0 saturated carbocycles. The molecule has 4 nitrogen and oxygen atoms in total. The van der Waals surface area contributed by atoms with Crippen LogP contribution in [-0.4, -0.2) is 9.97 Å². The fourth-order valence-electron chi connectivity index (χ4n) is 2.89. The van der Waals surface area contributed by atoms with E-state index in [1.54, 1.807) is 36.7 Å². The average molecular weight is 364 g/mol. The molecule has 0 fully saturated rings. The molecule has 0 unspecified atom stereocenters. The lowest BCUT2D eigenvalue weighted by molar-refractivity contribution is 0.615. The summed E-state index contributed by atoms with van der Waals surface area (Å²) in [7, 11) is 0. The van der Waals surface area contributed by atoms with Crippen molar-refractivity contribution in [2.24, 2.45) is 0 Å². The maximum atomic E-state index is 15.4. The van der Waals surface area contributed by atoms with Crippen LogP contribution in [0.2, 0.25) is 0 Å². The van der Waals surface area contributed by atoms with Crippen LogP contribution < -0.4 is 11.5 Å². The van der Waals surface area contributed by atoms with Gasteiger partial charge in [0.15, 0.2) is 5.82 Å². The Hall–Kier alpha value is -3.38. The molecule has 27 heavy (non-hydrogen) atoms. The van der Waals surface area contributed by atoms with Gasteiger partial charge >= 0.3 is 0 Å². The molecule has 0 spiro atoms. The quantitative estimate of drug-likeness (QED) is 0.483. The highest BCUT2D eigenvalue weighted by atomic mass is 19.1. The van der Waals surface area contributed by atoms with E-state index in [0.29, 0.717) is 16.6 Å². The van der Waals surface area contributed by atoms with Gasteiger partial charge in [0.1, 0.15) is 11.5 Å². The predicted octanol–water partition coefficient (Wildman–Crippen LogP) is 5.79. The summed E-state index contributed by atoms with van der Waals surface area (Å²) < 4.78 is 29.6. The Morgan fingerprint density at radius 2 is 1.67 bits per heavy atom. The van der Waals surface area contributed by atoms with Crippen molar-refractivity contribution >= 4 is 22.3 Å². The lowest BCUT2D eigenvalue weighted by Gasteiger charge is -2.15. The summed E-state index contributed by atoms with van der Waals surface area (Å²) in [6.07, 6.45) is 3.24. The number of aryl methyl sites for hydroxylation is 1. The van der Waals surface area contributed by atoms with Crippen LogP contribution in [0.3, 0.4) is 0 Å². The molecule has 0 radical (unpaired) electrons. The number of aromatic nitrogens is 2. The van der Waals surface area contributed by atoms with Gasteiger partial charge in [0, 0.05) is 29.0 Å². The molecule has 0 bridgehead atoms. The molecule has 0 saturated heterocycles. The fraction of sp³-hybridized carbons (Fsp3) is 0.0476. The predicted molar refractivity (Wildman–Crippen MR) is 104 cm³/mol. The van der Waals surface area contributed by atoms with Gasteiger partial charge in [-0.3, -0.25) is 4.98 Å². The number of hydrogen-bond acceptors (Lipinski definition) is 4. The number of rotatable bonds is 3. The number of nitrogens with zero attached hydrogens (tertiary/aromatic N) is 2. The molecule has 0 atom stereocenters. The molecule has 4 aromatic rings. The standard InChI is InChI=1S/C21H15F2N3.H3N/c1-13-6-7-18-16(12-13)21(25-14-8-10-24-11-9-14)19(23)20(26-18)15-4-2-3-5-17(15)22;/h2-12H,1H3,(H,24,25,26);1H3. The van der Waals surface area contributed by atoms with Gasteiger partial charge < -0.3 is 11.5 Å². The van der Waals surface area contributed by atoms with Crippen LogP contribution in [0.1, 0.15) is 5.56 Å². The molecule has 2 aromatic carbocycles. The Morgan fingerprint density at radius 1 is 0.926 bits per heavy atom. The summed E-state index contributed by atoms with van der Waals surface area (Å²) in [4.78, 5) is 8.35. The highest BCUT2D eigenvalue weighted by Gasteiger charge is 2.19. The minimum Gasteiger partial charge on any atom is -0.352 e. The van der Waals surface area contributed by atoms with Crippen LogP contribution in [0.5, 0.6) is 0 Å². The normalized spacial score (nSPS) is 10.5. The van der Waals surface area contributed by atoms with E-state index in [1.807, 2.05) is 25.1 Å². The monoisotopic (exact) mass is 364 g/mol. The second-order valence-electron chi connectivity index (χ2n) is 6.01.